The Hall–Kier alpha value is -1.31. The van der Waals surface area contributed by atoms with Crippen LogP contribution >= 0.6 is 0 Å². The molecule has 0 aromatic heterocycles. The van der Waals surface area contributed by atoms with E-state index in [2.05, 4.69) is 6.58 Å². The van der Waals surface area contributed by atoms with Gasteiger partial charge in [0.2, 0.25) is 0 Å². The topological polar surface area (TPSA) is 49.9 Å². The van der Waals surface area contributed by atoms with E-state index in [0.29, 0.717) is 11.3 Å². The van der Waals surface area contributed by atoms with Crippen LogP contribution < -0.4 is 5.73 Å². The van der Waals surface area contributed by atoms with Crippen LogP contribution in [-0.2, 0) is 0 Å². The molecule has 10 heavy (non-hydrogen) atoms. The summed E-state index contributed by atoms with van der Waals surface area (Å²) >= 11 is 0. The SMILES string of the molecule is C=C(N)/C(C=N)=C\C=C/C. The van der Waals surface area contributed by atoms with Crippen LogP contribution in [0, 0.1) is 5.41 Å². The third-order valence-electron chi connectivity index (χ3n) is 0.995. The predicted octanol–water partition coefficient (Wildman–Crippen LogP) is 1.61. The number of allylic oxidation sites excluding steroid dienone is 4. The van der Waals surface area contributed by atoms with Crippen molar-refractivity contribution in [3.63, 3.8) is 0 Å². The molecule has 0 aromatic carbocycles. The van der Waals surface area contributed by atoms with Crippen molar-refractivity contribution in [1.29, 1.82) is 5.41 Å². The number of hydrogen-bond donors (Lipinski definition) is 2. The Balaban J connectivity index is 4.33. The second-order valence-electron chi connectivity index (χ2n) is 1.82. The Morgan fingerprint density at radius 2 is 2.20 bits per heavy atom. The van der Waals surface area contributed by atoms with Gasteiger partial charge in [-0.2, -0.15) is 0 Å². The van der Waals surface area contributed by atoms with Crippen molar-refractivity contribution >= 4 is 6.21 Å². The Morgan fingerprint density at radius 3 is 2.50 bits per heavy atom. The van der Waals surface area contributed by atoms with E-state index >= 15 is 0 Å². The summed E-state index contributed by atoms with van der Waals surface area (Å²) in [7, 11) is 0. The molecule has 0 unspecified atom stereocenters. The Bertz CT molecular complexity index is 187. The van der Waals surface area contributed by atoms with E-state index in [-0.39, 0.29) is 0 Å². The van der Waals surface area contributed by atoms with Gasteiger partial charge in [0.15, 0.2) is 0 Å². The minimum absolute atomic E-state index is 0.424. The molecule has 0 spiro atoms. The molecule has 0 fully saturated rings. The third-order valence-corrected chi connectivity index (χ3v) is 0.995. The second kappa shape index (κ2) is 4.56. The molecular formula is C8H12N2. The summed E-state index contributed by atoms with van der Waals surface area (Å²) in [5.74, 6) is 0. The van der Waals surface area contributed by atoms with Crippen LogP contribution in [0.1, 0.15) is 6.92 Å². The third kappa shape index (κ3) is 2.87. The summed E-state index contributed by atoms with van der Waals surface area (Å²) in [4.78, 5) is 0. The van der Waals surface area contributed by atoms with Crippen molar-refractivity contribution in [2.24, 2.45) is 5.73 Å². The minimum Gasteiger partial charge on any atom is -0.399 e. The van der Waals surface area contributed by atoms with E-state index in [0.717, 1.165) is 0 Å². The van der Waals surface area contributed by atoms with Gasteiger partial charge in [-0.05, 0) is 6.92 Å². The zero-order chi connectivity index (χ0) is 7.98. The van der Waals surface area contributed by atoms with E-state index in [1.54, 1.807) is 6.08 Å². The van der Waals surface area contributed by atoms with Crippen LogP contribution in [0.5, 0.6) is 0 Å². The maximum atomic E-state index is 6.90. The summed E-state index contributed by atoms with van der Waals surface area (Å²) in [6, 6.07) is 0. The molecule has 0 radical (unpaired) electrons. The Morgan fingerprint density at radius 1 is 1.60 bits per heavy atom. The molecular weight excluding hydrogens is 124 g/mol. The van der Waals surface area contributed by atoms with E-state index < -0.39 is 0 Å². The average Bonchev–Trinajstić information content (AvgIpc) is 1.89. The van der Waals surface area contributed by atoms with Crippen LogP contribution in [0.3, 0.4) is 0 Å². The van der Waals surface area contributed by atoms with Crippen LogP contribution in [0.4, 0.5) is 0 Å². The standard InChI is InChI=1S/C8H12N2/c1-3-4-5-8(6-9)7(2)10/h3-6,9H,2,10H2,1H3/b4-3-,8-5-,9-6?. The number of nitrogens with two attached hydrogens (primary N) is 1. The molecule has 0 aliphatic heterocycles. The van der Waals surface area contributed by atoms with Gasteiger partial charge < -0.3 is 11.1 Å². The van der Waals surface area contributed by atoms with Gasteiger partial charge in [-0.1, -0.05) is 24.8 Å². The molecule has 2 nitrogen and oxygen atoms in total. The number of nitrogens with one attached hydrogen (secondary N) is 1. The van der Waals surface area contributed by atoms with Gasteiger partial charge in [0.05, 0.1) is 0 Å². The lowest BCUT2D eigenvalue weighted by Gasteiger charge is -1.94. The molecule has 0 aromatic rings. The fourth-order valence-corrected chi connectivity index (χ4v) is 0.448. The van der Waals surface area contributed by atoms with Crippen molar-refractivity contribution in [2.45, 2.75) is 6.92 Å². The highest BCUT2D eigenvalue weighted by atomic mass is 14.6. The molecule has 0 bridgehead atoms. The minimum atomic E-state index is 0.424. The van der Waals surface area contributed by atoms with Crippen LogP contribution in [0.15, 0.2) is 36.1 Å². The summed E-state index contributed by atoms with van der Waals surface area (Å²) < 4.78 is 0. The first-order valence-corrected chi connectivity index (χ1v) is 3.00. The summed E-state index contributed by atoms with van der Waals surface area (Å²) in [6.45, 7) is 5.40. The normalized spacial score (nSPS) is 11.9. The zero-order valence-corrected chi connectivity index (χ0v) is 6.09. The van der Waals surface area contributed by atoms with Crippen molar-refractivity contribution in [3.8, 4) is 0 Å². The maximum absolute atomic E-state index is 6.90. The Kier molecular flexibility index (Phi) is 3.96. The van der Waals surface area contributed by atoms with E-state index in [1.165, 1.54) is 6.21 Å². The Labute approximate surface area is 61.3 Å². The van der Waals surface area contributed by atoms with Crippen LogP contribution in [0.25, 0.3) is 0 Å². The van der Waals surface area contributed by atoms with E-state index in [4.69, 9.17) is 11.1 Å². The van der Waals surface area contributed by atoms with Gasteiger partial charge in [0.25, 0.3) is 0 Å². The molecule has 0 amide bonds. The molecule has 54 valence electrons. The first-order valence-electron chi connectivity index (χ1n) is 3.00. The van der Waals surface area contributed by atoms with Crippen molar-refractivity contribution < 1.29 is 0 Å². The summed E-state index contributed by atoms with van der Waals surface area (Å²) in [5.41, 5.74) is 6.42. The van der Waals surface area contributed by atoms with Gasteiger partial charge in [-0.15, -0.1) is 0 Å². The quantitative estimate of drug-likeness (QED) is 0.449. The van der Waals surface area contributed by atoms with Gasteiger partial charge in [0, 0.05) is 17.5 Å². The molecule has 0 saturated heterocycles. The van der Waals surface area contributed by atoms with E-state index in [9.17, 15) is 0 Å². The fourth-order valence-electron chi connectivity index (χ4n) is 0.448. The highest BCUT2D eigenvalue weighted by Crippen LogP contribution is 1.96. The number of rotatable bonds is 3. The van der Waals surface area contributed by atoms with E-state index in [1.807, 2.05) is 19.1 Å². The van der Waals surface area contributed by atoms with Crippen molar-refractivity contribution in [1.82, 2.24) is 0 Å². The second-order valence-corrected chi connectivity index (χ2v) is 1.82. The van der Waals surface area contributed by atoms with Gasteiger partial charge in [0.1, 0.15) is 0 Å². The van der Waals surface area contributed by atoms with Gasteiger partial charge >= 0.3 is 0 Å². The highest BCUT2D eigenvalue weighted by molar-refractivity contribution is 5.81. The molecule has 2 heteroatoms. The highest BCUT2D eigenvalue weighted by Gasteiger charge is 1.88. The summed E-state index contributed by atoms with van der Waals surface area (Å²) in [5, 5.41) is 6.90. The largest absolute Gasteiger partial charge is 0.399 e. The van der Waals surface area contributed by atoms with Crippen LogP contribution in [0.2, 0.25) is 0 Å². The van der Waals surface area contributed by atoms with Crippen LogP contribution in [-0.4, -0.2) is 6.21 Å². The smallest absolute Gasteiger partial charge is 0.0329 e. The van der Waals surface area contributed by atoms with Gasteiger partial charge in [-0.3, -0.25) is 0 Å². The average molecular weight is 136 g/mol. The molecule has 0 rings (SSSR count). The lowest BCUT2D eigenvalue weighted by atomic mass is 10.2. The predicted molar refractivity (Wildman–Crippen MR) is 45.0 cm³/mol. The molecule has 0 saturated carbocycles. The lowest BCUT2D eigenvalue weighted by Crippen LogP contribution is -1.98. The fraction of sp³-hybridized carbons (Fsp3) is 0.125. The molecule has 0 aliphatic rings. The molecule has 0 aliphatic carbocycles. The zero-order valence-electron chi connectivity index (χ0n) is 6.09. The molecule has 0 heterocycles. The number of hydrogen-bond acceptors (Lipinski definition) is 2. The molecule has 3 N–H and O–H groups in total. The summed E-state index contributed by atoms with van der Waals surface area (Å²) in [6.07, 6.45) is 6.61. The first-order chi connectivity index (χ1) is 4.72. The first kappa shape index (κ1) is 8.69. The molecule has 0 atom stereocenters. The maximum Gasteiger partial charge on any atom is 0.0329 e. The van der Waals surface area contributed by atoms with Gasteiger partial charge in [-0.25, -0.2) is 0 Å². The lowest BCUT2D eigenvalue weighted by molar-refractivity contribution is 1.39. The monoisotopic (exact) mass is 136 g/mol. The van der Waals surface area contributed by atoms with Crippen molar-refractivity contribution in [3.05, 3.63) is 36.1 Å². The van der Waals surface area contributed by atoms with Crippen molar-refractivity contribution in [2.75, 3.05) is 0 Å².